The van der Waals surface area contributed by atoms with E-state index in [9.17, 15) is 0 Å². The Bertz CT molecular complexity index is 409. The van der Waals surface area contributed by atoms with Gasteiger partial charge in [-0.3, -0.25) is 4.79 Å². The number of benzene rings is 1. The summed E-state index contributed by atoms with van der Waals surface area (Å²) < 4.78 is 0. The summed E-state index contributed by atoms with van der Waals surface area (Å²) in [6, 6.07) is 9.73. The van der Waals surface area contributed by atoms with E-state index >= 15 is 0 Å². The number of carbonyl (C=O) groups excluding carboxylic acids is 1. The topological polar surface area (TPSA) is 75.7 Å². The molecule has 0 heterocycles. The van der Waals surface area contributed by atoms with Gasteiger partial charge in [0.15, 0.2) is 0 Å². The Labute approximate surface area is 107 Å². The Kier molecular flexibility index (Phi) is 6.25. The van der Waals surface area contributed by atoms with Crippen molar-refractivity contribution in [2.45, 2.75) is 19.3 Å². The smallest absolute Gasteiger partial charge is 0.204 e. The zero-order valence-corrected chi connectivity index (χ0v) is 10.2. The zero-order valence-electron chi connectivity index (χ0n) is 10.2. The van der Waals surface area contributed by atoms with Crippen LogP contribution in [-0.2, 0) is 4.79 Å². The van der Waals surface area contributed by atoms with Gasteiger partial charge in [-0.1, -0.05) is 48.0 Å². The first-order valence-corrected chi connectivity index (χ1v) is 5.93. The summed E-state index contributed by atoms with van der Waals surface area (Å²) in [5.74, 6) is 0.686. The molecule has 1 aliphatic rings. The average Bonchev–Trinajstić information content (AvgIpc) is 2.34. The number of nitrogens with two attached hydrogens (primary N) is 1. The molecule has 0 atom stereocenters. The van der Waals surface area contributed by atoms with E-state index in [2.05, 4.69) is 17.0 Å². The van der Waals surface area contributed by atoms with Gasteiger partial charge in [-0.05, 0) is 24.8 Å². The van der Waals surface area contributed by atoms with Crippen LogP contribution in [0.2, 0.25) is 0 Å². The number of hydrogen-bond acceptors (Lipinski definition) is 3. The molecule has 0 bridgehead atoms. The van der Waals surface area contributed by atoms with E-state index in [0.717, 1.165) is 5.56 Å². The minimum Gasteiger partial charge on any atom is -0.410 e. The maximum absolute atomic E-state index is 8.92. The summed E-state index contributed by atoms with van der Waals surface area (Å²) in [5.41, 5.74) is 5.76. The summed E-state index contributed by atoms with van der Waals surface area (Å²) in [6.45, 7) is 0. The van der Waals surface area contributed by atoms with Crippen LogP contribution in [0.3, 0.4) is 0 Å². The van der Waals surface area contributed by atoms with Gasteiger partial charge < -0.3 is 10.9 Å². The molecule has 0 spiro atoms. The van der Waals surface area contributed by atoms with Crippen molar-refractivity contribution in [3.05, 3.63) is 48.0 Å². The van der Waals surface area contributed by atoms with Gasteiger partial charge in [0, 0.05) is 5.56 Å². The summed E-state index contributed by atoms with van der Waals surface area (Å²) >= 11 is 0. The van der Waals surface area contributed by atoms with Crippen LogP contribution in [0.1, 0.15) is 24.8 Å². The Morgan fingerprint density at radius 1 is 1.33 bits per heavy atom. The van der Waals surface area contributed by atoms with Gasteiger partial charge in [-0.25, -0.2) is 0 Å². The monoisotopic (exact) mass is 246 g/mol. The molecule has 0 unspecified atom stereocenters. The molecule has 1 amide bonds. The van der Waals surface area contributed by atoms with Crippen LogP contribution in [0.15, 0.2) is 47.6 Å². The number of hydrogen-bond donors (Lipinski definition) is 2. The molecular formula is C14H18N2O2. The quantitative estimate of drug-likeness (QED) is 0.371. The number of carbonyl (C=O) groups is 1. The molecule has 4 nitrogen and oxygen atoms in total. The Hall–Kier alpha value is -2.10. The summed E-state index contributed by atoms with van der Waals surface area (Å²) in [6.07, 6.45) is 8.17. The Morgan fingerprint density at radius 3 is 2.39 bits per heavy atom. The van der Waals surface area contributed by atoms with E-state index in [1.54, 1.807) is 0 Å². The molecule has 1 aliphatic carbocycles. The first-order valence-electron chi connectivity index (χ1n) is 5.93. The number of oxime groups is 1. The van der Waals surface area contributed by atoms with Gasteiger partial charge in [0.05, 0.1) is 0 Å². The molecule has 1 aromatic rings. The molecule has 1 aromatic carbocycles. The van der Waals surface area contributed by atoms with Crippen LogP contribution < -0.4 is 5.73 Å². The van der Waals surface area contributed by atoms with Crippen molar-refractivity contribution in [1.82, 2.24) is 0 Å². The molecule has 18 heavy (non-hydrogen) atoms. The maximum atomic E-state index is 8.92. The molecule has 0 aromatic heterocycles. The lowest BCUT2D eigenvalue weighted by molar-refractivity contribution is -0.106. The molecule has 3 N–H and O–H groups in total. The van der Waals surface area contributed by atoms with Crippen LogP contribution in [0, 0.1) is 5.92 Å². The van der Waals surface area contributed by atoms with Gasteiger partial charge in [0.25, 0.3) is 0 Å². The van der Waals surface area contributed by atoms with Crippen LogP contribution in [0.5, 0.6) is 0 Å². The van der Waals surface area contributed by atoms with Gasteiger partial charge in [0.2, 0.25) is 6.41 Å². The van der Waals surface area contributed by atoms with Crippen LogP contribution in [0.4, 0.5) is 0 Å². The molecular weight excluding hydrogens is 228 g/mol. The second-order valence-electron chi connectivity index (χ2n) is 4.04. The highest BCUT2D eigenvalue weighted by atomic mass is 16.4. The van der Waals surface area contributed by atoms with Crippen molar-refractivity contribution in [3.63, 3.8) is 0 Å². The lowest BCUT2D eigenvalue weighted by atomic mass is 9.85. The van der Waals surface area contributed by atoms with Gasteiger partial charge >= 0.3 is 0 Å². The average molecular weight is 246 g/mol. The highest BCUT2D eigenvalue weighted by Gasteiger charge is 2.13. The normalized spacial score (nSPS) is 15.7. The fourth-order valence-corrected chi connectivity index (χ4v) is 1.66. The van der Waals surface area contributed by atoms with E-state index in [1.165, 1.54) is 19.3 Å². The van der Waals surface area contributed by atoms with Crippen LogP contribution in [0.25, 0.3) is 0 Å². The number of amides is 1. The fraction of sp³-hybridized carbons (Fsp3) is 0.286. The third-order valence-corrected chi connectivity index (χ3v) is 2.85. The van der Waals surface area contributed by atoms with E-state index in [0.29, 0.717) is 11.6 Å². The minimum atomic E-state index is 0.250. The number of nitrogens with zero attached hydrogens (tertiary/aromatic N) is 1. The van der Waals surface area contributed by atoms with E-state index in [4.69, 9.17) is 10.0 Å². The molecule has 96 valence electrons. The second kappa shape index (κ2) is 8.06. The minimum absolute atomic E-state index is 0.250. The molecule has 0 aliphatic heterocycles. The van der Waals surface area contributed by atoms with Crippen molar-refractivity contribution in [2.75, 3.05) is 0 Å². The lowest BCUT2D eigenvalue weighted by Gasteiger charge is -2.21. The van der Waals surface area contributed by atoms with Crippen molar-refractivity contribution < 1.29 is 10.0 Å². The lowest BCUT2D eigenvalue weighted by Crippen LogP contribution is -2.08. The molecule has 0 saturated heterocycles. The first kappa shape index (κ1) is 14.0. The predicted molar refractivity (Wildman–Crippen MR) is 71.5 cm³/mol. The summed E-state index contributed by atoms with van der Waals surface area (Å²) in [5, 5.41) is 12.2. The third kappa shape index (κ3) is 4.41. The van der Waals surface area contributed by atoms with Crippen molar-refractivity contribution in [3.8, 4) is 0 Å². The van der Waals surface area contributed by atoms with Crippen molar-refractivity contribution >= 4 is 12.1 Å². The Morgan fingerprint density at radius 2 is 1.94 bits per heavy atom. The maximum Gasteiger partial charge on any atom is 0.204 e. The highest BCUT2D eigenvalue weighted by molar-refractivity contribution is 6.08. The first-order chi connectivity index (χ1) is 8.81. The third-order valence-electron chi connectivity index (χ3n) is 2.85. The van der Waals surface area contributed by atoms with Gasteiger partial charge in [-0.15, -0.1) is 0 Å². The van der Waals surface area contributed by atoms with E-state index in [-0.39, 0.29) is 6.41 Å². The van der Waals surface area contributed by atoms with Gasteiger partial charge in [0.1, 0.15) is 5.71 Å². The zero-order chi connectivity index (χ0) is 13.2. The standard InChI is InChI=1S/C13H15NO.CH3NO/c15-14-13(10-9-11-5-4-6-11)12-7-2-1-3-8-12;2-1-3/h1-3,7-11,15H,4-6H2;1H,(H2,2,3)/b10-9+,14-13+;. The molecule has 2 rings (SSSR count). The predicted octanol–water partition coefficient (Wildman–Crippen LogP) is 2.32. The molecule has 4 heteroatoms. The van der Waals surface area contributed by atoms with Crippen molar-refractivity contribution in [2.24, 2.45) is 16.8 Å². The molecule has 0 radical (unpaired) electrons. The number of primary amides is 1. The summed E-state index contributed by atoms with van der Waals surface area (Å²) in [7, 11) is 0. The molecule has 1 saturated carbocycles. The Balaban J connectivity index is 0.000000492. The molecule has 1 fully saturated rings. The van der Waals surface area contributed by atoms with E-state index < -0.39 is 0 Å². The van der Waals surface area contributed by atoms with E-state index in [1.807, 2.05) is 36.4 Å². The highest BCUT2D eigenvalue weighted by Crippen LogP contribution is 2.27. The van der Waals surface area contributed by atoms with Crippen molar-refractivity contribution in [1.29, 1.82) is 0 Å². The number of allylic oxidation sites excluding steroid dienone is 2. The fourth-order valence-electron chi connectivity index (χ4n) is 1.66. The SMILES string of the molecule is NC=O.O/N=C(\C=C\C1CCC1)c1ccccc1. The largest absolute Gasteiger partial charge is 0.410 e. The number of rotatable bonds is 3. The second-order valence-corrected chi connectivity index (χ2v) is 4.04. The summed E-state index contributed by atoms with van der Waals surface area (Å²) in [4.78, 5) is 8.58. The van der Waals surface area contributed by atoms with Crippen LogP contribution in [-0.4, -0.2) is 17.3 Å². The van der Waals surface area contributed by atoms with Gasteiger partial charge in [-0.2, -0.15) is 0 Å². The van der Waals surface area contributed by atoms with Crippen LogP contribution >= 0.6 is 0 Å².